The van der Waals surface area contributed by atoms with Gasteiger partial charge in [0.15, 0.2) is 11.6 Å². The van der Waals surface area contributed by atoms with Gasteiger partial charge in [0.2, 0.25) is 0 Å². The molecule has 0 aliphatic heterocycles. The largest absolute Gasteiger partial charge is 0.454 e. The molecule has 0 spiro atoms. The zero-order chi connectivity index (χ0) is 14.7. The fourth-order valence-electron chi connectivity index (χ4n) is 1.95. The molecule has 106 valence electrons. The Morgan fingerprint density at radius 1 is 1.00 bits per heavy atom. The molecule has 0 saturated heterocycles. The van der Waals surface area contributed by atoms with Gasteiger partial charge < -0.3 is 10.5 Å². The average molecular weight is 273 g/mol. The number of ether oxygens (including phenoxy) is 1. The molecule has 2 nitrogen and oxygen atoms in total. The Labute approximate surface area is 119 Å². The normalized spacial score (nSPS) is 12.5. The minimum absolute atomic E-state index is 0.192. The zero-order valence-corrected chi connectivity index (χ0v) is 12.1. The summed E-state index contributed by atoms with van der Waals surface area (Å²) in [6, 6.07) is 12.3. The van der Waals surface area contributed by atoms with Crippen LogP contribution in [-0.4, -0.2) is 0 Å². The van der Waals surface area contributed by atoms with Crippen molar-refractivity contribution < 1.29 is 9.13 Å². The minimum Gasteiger partial charge on any atom is -0.454 e. The third kappa shape index (κ3) is 3.36. The van der Waals surface area contributed by atoms with Gasteiger partial charge in [-0.25, -0.2) is 4.39 Å². The molecule has 3 heteroatoms. The second-order valence-electron chi connectivity index (χ2n) is 5.31. The summed E-state index contributed by atoms with van der Waals surface area (Å²) in [5.41, 5.74) is 7.65. The predicted octanol–water partition coefficient (Wildman–Crippen LogP) is 4.76. The molecule has 0 radical (unpaired) electrons. The number of hydrogen-bond donors (Lipinski definition) is 1. The van der Waals surface area contributed by atoms with Crippen LogP contribution in [0.3, 0.4) is 0 Å². The molecule has 0 amide bonds. The first kappa shape index (κ1) is 14.5. The fraction of sp³-hybridized carbons (Fsp3) is 0.294. The maximum atomic E-state index is 14.0. The standard InChI is InChI=1S/C17H20FNO/c1-11(2)13-5-4-6-15(9-13)20-17-8-7-14(12(3)19)10-16(17)18/h4-12H,19H2,1-3H3/t12-/m0/s1. The van der Waals surface area contributed by atoms with Crippen LogP contribution in [0.2, 0.25) is 0 Å². The molecule has 0 aromatic heterocycles. The molecule has 2 aromatic rings. The fourth-order valence-corrected chi connectivity index (χ4v) is 1.95. The first-order valence-corrected chi connectivity index (χ1v) is 6.80. The van der Waals surface area contributed by atoms with Crippen molar-refractivity contribution in [1.29, 1.82) is 0 Å². The van der Waals surface area contributed by atoms with Gasteiger partial charge in [-0.05, 0) is 48.2 Å². The summed E-state index contributed by atoms with van der Waals surface area (Å²) in [4.78, 5) is 0. The van der Waals surface area contributed by atoms with E-state index in [1.165, 1.54) is 6.07 Å². The molecule has 1 atom stereocenters. The van der Waals surface area contributed by atoms with Crippen LogP contribution >= 0.6 is 0 Å². The Bertz CT molecular complexity index is 593. The highest BCUT2D eigenvalue weighted by atomic mass is 19.1. The first-order valence-electron chi connectivity index (χ1n) is 6.80. The number of hydrogen-bond acceptors (Lipinski definition) is 2. The van der Waals surface area contributed by atoms with Crippen molar-refractivity contribution in [3.8, 4) is 11.5 Å². The van der Waals surface area contributed by atoms with E-state index in [2.05, 4.69) is 13.8 Å². The maximum Gasteiger partial charge on any atom is 0.166 e. The van der Waals surface area contributed by atoms with Gasteiger partial charge in [-0.2, -0.15) is 0 Å². The van der Waals surface area contributed by atoms with Gasteiger partial charge in [0.1, 0.15) is 5.75 Å². The molecule has 0 aliphatic rings. The van der Waals surface area contributed by atoms with Gasteiger partial charge in [0.25, 0.3) is 0 Å². The molecule has 0 bridgehead atoms. The van der Waals surface area contributed by atoms with Crippen LogP contribution in [-0.2, 0) is 0 Å². The number of halogens is 1. The van der Waals surface area contributed by atoms with Crippen LogP contribution in [0.4, 0.5) is 4.39 Å². The van der Waals surface area contributed by atoms with E-state index in [-0.39, 0.29) is 11.8 Å². The van der Waals surface area contributed by atoms with E-state index in [1.54, 1.807) is 12.1 Å². The lowest BCUT2D eigenvalue weighted by Gasteiger charge is -2.12. The van der Waals surface area contributed by atoms with Crippen molar-refractivity contribution in [2.75, 3.05) is 0 Å². The Morgan fingerprint density at radius 2 is 1.75 bits per heavy atom. The Balaban J connectivity index is 2.24. The SMILES string of the molecule is CC(C)c1cccc(Oc2ccc([C@H](C)N)cc2F)c1. The van der Waals surface area contributed by atoms with E-state index < -0.39 is 5.82 Å². The Kier molecular flexibility index (Phi) is 4.40. The summed E-state index contributed by atoms with van der Waals surface area (Å²) < 4.78 is 19.6. The van der Waals surface area contributed by atoms with Crippen LogP contribution in [0.5, 0.6) is 11.5 Å². The molecule has 0 fully saturated rings. The number of nitrogens with two attached hydrogens (primary N) is 1. The summed E-state index contributed by atoms with van der Waals surface area (Å²) in [5.74, 6) is 0.873. The van der Waals surface area contributed by atoms with E-state index >= 15 is 0 Å². The second-order valence-corrected chi connectivity index (χ2v) is 5.31. The summed E-state index contributed by atoms with van der Waals surface area (Å²) in [6.45, 7) is 6.04. The van der Waals surface area contributed by atoms with Crippen molar-refractivity contribution in [2.24, 2.45) is 5.73 Å². The third-order valence-corrected chi connectivity index (χ3v) is 3.23. The molecular formula is C17H20FNO. The van der Waals surface area contributed by atoms with Crippen LogP contribution in [0.15, 0.2) is 42.5 Å². The molecule has 2 N–H and O–H groups in total. The molecule has 2 rings (SSSR count). The molecule has 0 heterocycles. The molecule has 0 unspecified atom stereocenters. The lowest BCUT2D eigenvalue weighted by Crippen LogP contribution is -2.05. The zero-order valence-electron chi connectivity index (χ0n) is 12.1. The Morgan fingerprint density at radius 3 is 2.35 bits per heavy atom. The van der Waals surface area contributed by atoms with E-state index in [0.717, 1.165) is 11.1 Å². The van der Waals surface area contributed by atoms with E-state index in [9.17, 15) is 4.39 Å². The number of benzene rings is 2. The van der Waals surface area contributed by atoms with Crippen molar-refractivity contribution in [3.05, 3.63) is 59.4 Å². The molecule has 0 aliphatic carbocycles. The summed E-state index contributed by atoms with van der Waals surface area (Å²) in [5, 5.41) is 0. The summed E-state index contributed by atoms with van der Waals surface area (Å²) >= 11 is 0. The van der Waals surface area contributed by atoms with Crippen molar-refractivity contribution in [2.45, 2.75) is 32.7 Å². The van der Waals surface area contributed by atoms with Gasteiger partial charge in [-0.1, -0.05) is 32.0 Å². The first-order chi connectivity index (χ1) is 9.47. The quantitative estimate of drug-likeness (QED) is 0.871. The van der Waals surface area contributed by atoms with Crippen molar-refractivity contribution in [3.63, 3.8) is 0 Å². The highest BCUT2D eigenvalue weighted by Gasteiger charge is 2.09. The van der Waals surface area contributed by atoms with E-state index in [1.807, 2.05) is 31.2 Å². The average Bonchev–Trinajstić information content (AvgIpc) is 2.41. The van der Waals surface area contributed by atoms with Gasteiger partial charge >= 0.3 is 0 Å². The monoisotopic (exact) mass is 273 g/mol. The van der Waals surface area contributed by atoms with E-state index in [0.29, 0.717) is 11.7 Å². The summed E-state index contributed by atoms with van der Waals surface area (Å²) in [7, 11) is 0. The minimum atomic E-state index is -0.394. The van der Waals surface area contributed by atoms with Crippen molar-refractivity contribution >= 4 is 0 Å². The van der Waals surface area contributed by atoms with Gasteiger partial charge in [-0.3, -0.25) is 0 Å². The Hall–Kier alpha value is -1.87. The highest BCUT2D eigenvalue weighted by molar-refractivity contribution is 5.37. The molecule has 0 saturated carbocycles. The summed E-state index contributed by atoms with van der Waals surface area (Å²) in [6.07, 6.45) is 0. The van der Waals surface area contributed by atoms with E-state index in [4.69, 9.17) is 10.5 Å². The van der Waals surface area contributed by atoms with Crippen LogP contribution < -0.4 is 10.5 Å². The lowest BCUT2D eigenvalue weighted by atomic mass is 10.0. The highest BCUT2D eigenvalue weighted by Crippen LogP contribution is 2.28. The smallest absolute Gasteiger partial charge is 0.166 e. The molecule has 2 aromatic carbocycles. The second kappa shape index (κ2) is 6.06. The van der Waals surface area contributed by atoms with Gasteiger partial charge in [0, 0.05) is 6.04 Å². The van der Waals surface area contributed by atoms with Crippen LogP contribution in [0, 0.1) is 5.82 Å². The molecule has 20 heavy (non-hydrogen) atoms. The number of rotatable bonds is 4. The third-order valence-electron chi connectivity index (χ3n) is 3.23. The molecular weight excluding hydrogens is 253 g/mol. The van der Waals surface area contributed by atoms with Gasteiger partial charge in [-0.15, -0.1) is 0 Å². The predicted molar refractivity (Wildman–Crippen MR) is 79.6 cm³/mol. The van der Waals surface area contributed by atoms with Crippen LogP contribution in [0.25, 0.3) is 0 Å². The lowest BCUT2D eigenvalue weighted by molar-refractivity contribution is 0.440. The van der Waals surface area contributed by atoms with Gasteiger partial charge in [0.05, 0.1) is 0 Å². The maximum absolute atomic E-state index is 14.0. The van der Waals surface area contributed by atoms with Crippen LogP contribution in [0.1, 0.15) is 43.9 Å². The van der Waals surface area contributed by atoms with Crippen molar-refractivity contribution in [1.82, 2.24) is 0 Å². The topological polar surface area (TPSA) is 35.2 Å².